The molecular weight excluding hydrogens is 264 g/mol. The minimum Gasteiger partial charge on any atom is -0.383 e. The van der Waals surface area contributed by atoms with Gasteiger partial charge in [0.15, 0.2) is 5.78 Å². The Labute approximate surface area is 122 Å². The van der Waals surface area contributed by atoms with Crippen molar-refractivity contribution in [2.24, 2.45) is 0 Å². The minimum absolute atomic E-state index is 0.0681. The summed E-state index contributed by atoms with van der Waals surface area (Å²) in [5.41, 5.74) is 7.83. The number of hydrogen-bond donors (Lipinski definition) is 1. The van der Waals surface area contributed by atoms with Gasteiger partial charge in [-0.3, -0.25) is 4.79 Å². The average Bonchev–Trinajstić information content (AvgIpc) is 2.88. The van der Waals surface area contributed by atoms with E-state index in [4.69, 9.17) is 5.73 Å². The Bertz CT molecular complexity index is 806. The first kappa shape index (κ1) is 13.3. The zero-order chi connectivity index (χ0) is 15.0. The van der Waals surface area contributed by atoms with E-state index in [1.54, 1.807) is 12.1 Å². The molecule has 5 heteroatoms. The number of anilines is 1. The smallest absolute Gasteiger partial charge is 0.195 e. The summed E-state index contributed by atoms with van der Waals surface area (Å²) in [7, 11) is 0. The number of carbonyl (C=O) groups is 1. The number of fused-ring (bicyclic) bond motifs is 1. The lowest BCUT2D eigenvalue weighted by molar-refractivity contribution is 0.104. The molecule has 0 aliphatic heterocycles. The summed E-state index contributed by atoms with van der Waals surface area (Å²) in [4.78, 5) is 21.0. The Balaban J connectivity index is 2.26. The predicted octanol–water partition coefficient (Wildman–Crippen LogP) is 2.83. The van der Waals surface area contributed by atoms with E-state index in [0.29, 0.717) is 28.0 Å². The van der Waals surface area contributed by atoms with Gasteiger partial charge in [0, 0.05) is 17.8 Å². The van der Waals surface area contributed by atoms with Gasteiger partial charge >= 0.3 is 0 Å². The van der Waals surface area contributed by atoms with Gasteiger partial charge in [0.05, 0.1) is 10.9 Å². The number of nitrogens with zero attached hydrogens (tertiary/aromatic N) is 3. The summed E-state index contributed by atoms with van der Waals surface area (Å²) in [5.74, 6) is 0.264. The zero-order valence-corrected chi connectivity index (χ0v) is 11.9. The van der Waals surface area contributed by atoms with Crippen molar-refractivity contribution in [3.8, 4) is 0 Å². The molecule has 0 spiro atoms. The molecule has 0 aliphatic rings. The number of nitrogens with two attached hydrogens (primary N) is 1. The van der Waals surface area contributed by atoms with Crippen LogP contribution in [0.25, 0.3) is 11.0 Å². The van der Waals surface area contributed by atoms with Gasteiger partial charge in [-0.2, -0.15) is 0 Å². The van der Waals surface area contributed by atoms with Crippen LogP contribution in [-0.4, -0.2) is 20.3 Å². The van der Waals surface area contributed by atoms with Crippen molar-refractivity contribution in [2.75, 3.05) is 5.73 Å². The average molecular weight is 280 g/mol. The predicted molar refractivity (Wildman–Crippen MR) is 82.2 cm³/mol. The lowest BCUT2D eigenvalue weighted by Crippen LogP contribution is -2.02. The van der Waals surface area contributed by atoms with Crippen LogP contribution in [0, 0.1) is 0 Å². The van der Waals surface area contributed by atoms with Crippen molar-refractivity contribution < 1.29 is 4.79 Å². The summed E-state index contributed by atoms with van der Waals surface area (Å²) in [5, 5.41) is 0.625. The quantitative estimate of drug-likeness (QED) is 0.749. The number of benzene rings is 1. The van der Waals surface area contributed by atoms with Crippen LogP contribution in [0.15, 0.2) is 42.9 Å². The summed E-state index contributed by atoms with van der Waals surface area (Å²) in [6.45, 7) is 4.07. The van der Waals surface area contributed by atoms with E-state index in [0.717, 1.165) is 0 Å². The molecule has 3 rings (SSSR count). The zero-order valence-electron chi connectivity index (χ0n) is 11.9. The second-order valence-electron chi connectivity index (χ2n) is 5.20. The highest BCUT2D eigenvalue weighted by atomic mass is 16.1. The monoisotopic (exact) mass is 280 g/mol. The van der Waals surface area contributed by atoms with E-state index in [9.17, 15) is 4.79 Å². The van der Waals surface area contributed by atoms with Crippen LogP contribution in [0.2, 0.25) is 0 Å². The first-order valence-corrected chi connectivity index (χ1v) is 6.80. The summed E-state index contributed by atoms with van der Waals surface area (Å²) in [6.07, 6.45) is 3.24. The standard InChI is InChI=1S/C16H16N4O/c1-10(2)20-8-12(13-15(17)18-9-19-16(13)20)14(21)11-6-4-3-5-7-11/h3-10H,1-2H3,(H2,17,18,19). The van der Waals surface area contributed by atoms with E-state index in [-0.39, 0.29) is 11.8 Å². The molecule has 5 nitrogen and oxygen atoms in total. The Hall–Kier alpha value is -2.69. The van der Waals surface area contributed by atoms with Crippen LogP contribution in [0.4, 0.5) is 5.82 Å². The van der Waals surface area contributed by atoms with Crippen molar-refractivity contribution >= 4 is 22.6 Å². The van der Waals surface area contributed by atoms with E-state index >= 15 is 0 Å². The fourth-order valence-corrected chi connectivity index (χ4v) is 2.42. The molecule has 0 atom stereocenters. The molecular formula is C16H16N4O. The van der Waals surface area contributed by atoms with E-state index < -0.39 is 0 Å². The first-order valence-electron chi connectivity index (χ1n) is 6.80. The van der Waals surface area contributed by atoms with Gasteiger partial charge in [-0.1, -0.05) is 30.3 Å². The molecule has 0 bridgehead atoms. The number of nitrogen functional groups attached to an aromatic ring is 1. The molecule has 106 valence electrons. The van der Waals surface area contributed by atoms with Gasteiger partial charge in [0.25, 0.3) is 0 Å². The number of aromatic nitrogens is 3. The van der Waals surface area contributed by atoms with Gasteiger partial charge in [0.2, 0.25) is 0 Å². The molecule has 2 aromatic heterocycles. The molecule has 0 unspecified atom stereocenters. The lowest BCUT2D eigenvalue weighted by Gasteiger charge is -2.07. The number of rotatable bonds is 3. The molecule has 0 saturated heterocycles. The molecule has 2 heterocycles. The molecule has 2 N–H and O–H groups in total. The summed E-state index contributed by atoms with van der Waals surface area (Å²) >= 11 is 0. The highest BCUT2D eigenvalue weighted by Gasteiger charge is 2.20. The molecule has 0 amide bonds. The second kappa shape index (κ2) is 5.01. The topological polar surface area (TPSA) is 73.8 Å². The Kier molecular flexibility index (Phi) is 3.17. The molecule has 0 aliphatic carbocycles. The van der Waals surface area contributed by atoms with Crippen LogP contribution in [0.1, 0.15) is 35.8 Å². The molecule has 0 saturated carbocycles. The lowest BCUT2D eigenvalue weighted by atomic mass is 10.0. The molecule has 3 aromatic rings. The number of carbonyl (C=O) groups excluding carboxylic acids is 1. The maximum atomic E-state index is 12.7. The number of ketones is 1. The maximum Gasteiger partial charge on any atom is 0.195 e. The van der Waals surface area contributed by atoms with E-state index in [1.807, 2.05) is 42.8 Å². The normalized spacial score (nSPS) is 11.2. The van der Waals surface area contributed by atoms with Gasteiger partial charge < -0.3 is 10.3 Å². The fourth-order valence-electron chi connectivity index (χ4n) is 2.42. The van der Waals surface area contributed by atoms with Crippen molar-refractivity contribution in [1.29, 1.82) is 0 Å². The van der Waals surface area contributed by atoms with Gasteiger partial charge in [0.1, 0.15) is 17.8 Å². The van der Waals surface area contributed by atoms with Crippen LogP contribution in [-0.2, 0) is 0 Å². The summed E-state index contributed by atoms with van der Waals surface area (Å²) in [6, 6.07) is 9.33. The third-order valence-electron chi connectivity index (χ3n) is 3.48. The Morgan fingerprint density at radius 1 is 1.19 bits per heavy atom. The van der Waals surface area contributed by atoms with Crippen LogP contribution in [0.5, 0.6) is 0 Å². The second-order valence-corrected chi connectivity index (χ2v) is 5.20. The first-order chi connectivity index (χ1) is 10.1. The van der Waals surface area contributed by atoms with E-state index in [2.05, 4.69) is 9.97 Å². The third kappa shape index (κ3) is 2.16. The largest absolute Gasteiger partial charge is 0.383 e. The van der Waals surface area contributed by atoms with Crippen molar-refractivity contribution in [2.45, 2.75) is 19.9 Å². The molecule has 21 heavy (non-hydrogen) atoms. The SMILES string of the molecule is CC(C)n1cc(C(=O)c2ccccc2)c2c(N)ncnc21. The molecule has 0 fully saturated rings. The van der Waals surface area contributed by atoms with Gasteiger partial charge in [-0.25, -0.2) is 9.97 Å². The highest BCUT2D eigenvalue weighted by molar-refractivity contribution is 6.17. The van der Waals surface area contributed by atoms with Crippen molar-refractivity contribution in [3.63, 3.8) is 0 Å². The highest BCUT2D eigenvalue weighted by Crippen LogP contribution is 2.28. The van der Waals surface area contributed by atoms with E-state index in [1.165, 1.54) is 6.33 Å². The maximum absolute atomic E-state index is 12.7. The molecule has 0 radical (unpaired) electrons. The summed E-state index contributed by atoms with van der Waals surface area (Å²) < 4.78 is 1.95. The Morgan fingerprint density at radius 2 is 1.90 bits per heavy atom. The van der Waals surface area contributed by atoms with Gasteiger partial charge in [-0.05, 0) is 13.8 Å². The van der Waals surface area contributed by atoms with Crippen LogP contribution >= 0.6 is 0 Å². The number of hydrogen-bond acceptors (Lipinski definition) is 4. The van der Waals surface area contributed by atoms with Crippen LogP contribution < -0.4 is 5.73 Å². The van der Waals surface area contributed by atoms with Crippen molar-refractivity contribution in [3.05, 3.63) is 54.0 Å². The fraction of sp³-hybridized carbons (Fsp3) is 0.188. The minimum atomic E-state index is -0.0681. The third-order valence-corrected chi connectivity index (χ3v) is 3.48. The Morgan fingerprint density at radius 3 is 2.57 bits per heavy atom. The van der Waals surface area contributed by atoms with Crippen molar-refractivity contribution in [1.82, 2.24) is 14.5 Å². The van der Waals surface area contributed by atoms with Crippen LogP contribution in [0.3, 0.4) is 0 Å². The molecule has 1 aromatic carbocycles. The van der Waals surface area contributed by atoms with Gasteiger partial charge in [-0.15, -0.1) is 0 Å².